The summed E-state index contributed by atoms with van der Waals surface area (Å²) >= 11 is 0. The minimum Gasteiger partial charge on any atom is -0.504 e. The Morgan fingerprint density at radius 1 is 1.10 bits per heavy atom. The van der Waals surface area contributed by atoms with Crippen LogP contribution in [0, 0.1) is 0 Å². The van der Waals surface area contributed by atoms with Gasteiger partial charge in [-0.25, -0.2) is 0 Å². The second-order valence-corrected chi connectivity index (χ2v) is 7.93. The molecule has 0 radical (unpaired) electrons. The number of aromatic hydroxyl groups is 1. The van der Waals surface area contributed by atoms with Gasteiger partial charge in [0.05, 0.1) is 12.1 Å². The Balaban J connectivity index is 2.01. The van der Waals surface area contributed by atoms with Gasteiger partial charge in [-0.2, -0.15) is 0 Å². The van der Waals surface area contributed by atoms with E-state index in [0.717, 1.165) is 38.5 Å². The van der Waals surface area contributed by atoms with Crippen LogP contribution in [0.3, 0.4) is 0 Å². The Labute approximate surface area is 179 Å². The quantitative estimate of drug-likeness (QED) is 0.318. The van der Waals surface area contributed by atoms with Gasteiger partial charge in [0, 0.05) is 11.5 Å². The van der Waals surface area contributed by atoms with Crippen molar-refractivity contribution in [1.82, 2.24) is 4.98 Å². The molecule has 5 heteroatoms. The van der Waals surface area contributed by atoms with E-state index in [1.165, 1.54) is 11.1 Å². The first-order chi connectivity index (χ1) is 14.4. The predicted molar refractivity (Wildman–Crippen MR) is 124 cm³/mol. The molecule has 5 nitrogen and oxygen atoms in total. The van der Waals surface area contributed by atoms with E-state index in [2.05, 4.69) is 44.8 Å². The molecule has 2 N–H and O–H groups in total. The third-order valence-corrected chi connectivity index (χ3v) is 4.93. The lowest BCUT2D eigenvalue weighted by atomic mass is 10.1. The Morgan fingerprint density at radius 2 is 1.90 bits per heavy atom. The van der Waals surface area contributed by atoms with Gasteiger partial charge in [-0.05, 0) is 58.2 Å². The van der Waals surface area contributed by atoms with E-state index >= 15 is 0 Å². The molecule has 0 saturated carbocycles. The molecule has 0 atom stereocenters. The van der Waals surface area contributed by atoms with Crippen molar-refractivity contribution >= 4 is 10.9 Å². The Morgan fingerprint density at radius 3 is 2.63 bits per heavy atom. The summed E-state index contributed by atoms with van der Waals surface area (Å²) in [7, 11) is 0. The number of benzene rings is 1. The highest BCUT2D eigenvalue weighted by molar-refractivity contribution is 5.87. The molecule has 1 aromatic carbocycles. The average Bonchev–Trinajstić information content (AvgIpc) is 2.69. The molecule has 0 spiro atoms. The number of rotatable bonds is 12. The van der Waals surface area contributed by atoms with Crippen LogP contribution in [0.2, 0.25) is 0 Å². The number of aromatic nitrogens is 1. The van der Waals surface area contributed by atoms with Crippen LogP contribution in [-0.4, -0.2) is 23.3 Å². The number of ether oxygens (including phenoxy) is 2. The zero-order valence-corrected chi connectivity index (χ0v) is 18.7. The fourth-order valence-electron chi connectivity index (χ4n) is 3.14. The van der Waals surface area contributed by atoms with E-state index in [1.807, 2.05) is 0 Å². The van der Waals surface area contributed by atoms with Crippen LogP contribution >= 0.6 is 0 Å². The SMILES string of the molecule is CCCCCCOc1c(O)c2ccc(OC/C=C(\C)CCC=C(C)C)cc2[nH]c1=O. The van der Waals surface area contributed by atoms with Crippen LogP contribution in [0.25, 0.3) is 10.9 Å². The van der Waals surface area contributed by atoms with Gasteiger partial charge in [0.1, 0.15) is 12.4 Å². The fraction of sp³-hybridized carbons (Fsp3) is 0.480. The molecule has 0 bridgehead atoms. The summed E-state index contributed by atoms with van der Waals surface area (Å²) in [5.41, 5.74) is 2.71. The molecule has 2 aromatic rings. The standard InChI is InChI=1S/C25H35NO4/c1-5-6-7-8-15-30-24-23(27)21-13-12-20(17-22(21)26-25(24)28)29-16-14-19(4)11-9-10-18(2)3/h10,12-14,17H,5-9,11,15-16H2,1-4H3,(H2,26,27,28)/b19-14+. The lowest BCUT2D eigenvalue weighted by Gasteiger charge is -2.11. The van der Waals surface area contributed by atoms with Crippen molar-refractivity contribution in [3.8, 4) is 17.2 Å². The minimum atomic E-state index is -0.428. The largest absolute Gasteiger partial charge is 0.504 e. The van der Waals surface area contributed by atoms with E-state index < -0.39 is 5.56 Å². The third kappa shape index (κ3) is 7.29. The van der Waals surface area contributed by atoms with Gasteiger partial charge in [0.2, 0.25) is 5.75 Å². The molecule has 0 unspecified atom stereocenters. The number of aromatic amines is 1. The molecule has 0 aliphatic heterocycles. The van der Waals surface area contributed by atoms with Crippen molar-refractivity contribution < 1.29 is 14.6 Å². The lowest BCUT2D eigenvalue weighted by molar-refractivity contribution is 0.286. The summed E-state index contributed by atoms with van der Waals surface area (Å²) in [5.74, 6) is 0.507. The van der Waals surface area contributed by atoms with Gasteiger partial charge < -0.3 is 19.6 Å². The number of unbranched alkanes of at least 4 members (excludes halogenated alkanes) is 3. The highest BCUT2D eigenvalue weighted by Gasteiger charge is 2.13. The van der Waals surface area contributed by atoms with Crippen LogP contribution in [0.4, 0.5) is 0 Å². The van der Waals surface area contributed by atoms with Gasteiger partial charge in [-0.1, -0.05) is 43.4 Å². The lowest BCUT2D eigenvalue weighted by Crippen LogP contribution is -2.12. The molecule has 1 aromatic heterocycles. The summed E-state index contributed by atoms with van der Waals surface area (Å²) in [6.45, 7) is 9.33. The van der Waals surface area contributed by atoms with Gasteiger partial charge in [-0.15, -0.1) is 0 Å². The molecule has 30 heavy (non-hydrogen) atoms. The van der Waals surface area contributed by atoms with Crippen molar-refractivity contribution in [3.05, 3.63) is 51.9 Å². The maximum atomic E-state index is 12.3. The first-order valence-corrected chi connectivity index (χ1v) is 10.9. The van der Waals surface area contributed by atoms with Crippen LogP contribution < -0.4 is 15.0 Å². The van der Waals surface area contributed by atoms with E-state index in [1.54, 1.807) is 18.2 Å². The van der Waals surface area contributed by atoms with Gasteiger partial charge in [0.25, 0.3) is 5.56 Å². The van der Waals surface area contributed by atoms with Gasteiger partial charge in [-0.3, -0.25) is 4.79 Å². The summed E-state index contributed by atoms with van der Waals surface area (Å²) in [6, 6.07) is 5.26. The summed E-state index contributed by atoms with van der Waals surface area (Å²) < 4.78 is 11.4. The van der Waals surface area contributed by atoms with Crippen LogP contribution in [0.1, 0.15) is 66.2 Å². The van der Waals surface area contributed by atoms with Crippen molar-refractivity contribution in [1.29, 1.82) is 0 Å². The summed E-state index contributed by atoms with van der Waals surface area (Å²) in [6.07, 6.45) is 10.5. The Bertz CT molecular complexity index is 936. The van der Waals surface area contributed by atoms with E-state index in [0.29, 0.717) is 29.9 Å². The van der Waals surface area contributed by atoms with Crippen LogP contribution in [0.15, 0.2) is 46.3 Å². The average molecular weight is 414 g/mol. The zero-order chi connectivity index (χ0) is 21.9. The Kier molecular flexibility index (Phi) is 9.52. The number of hydrogen-bond acceptors (Lipinski definition) is 4. The van der Waals surface area contributed by atoms with E-state index in [4.69, 9.17) is 9.47 Å². The molecule has 0 aliphatic rings. The first-order valence-electron chi connectivity index (χ1n) is 10.9. The maximum Gasteiger partial charge on any atom is 0.294 e. The fourth-order valence-corrected chi connectivity index (χ4v) is 3.14. The number of nitrogens with one attached hydrogen (secondary N) is 1. The molecule has 0 saturated heterocycles. The highest BCUT2D eigenvalue weighted by atomic mass is 16.5. The minimum absolute atomic E-state index is 0.0115. The molecule has 1 heterocycles. The second-order valence-electron chi connectivity index (χ2n) is 7.93. The molecule has 0 aliphatic carbocycles. The normalized spacial score (nSPS) is 11.5. The van der Waals surface area contributed by atoms with Crippen molar-refractivity contribution in [2.75, 3.05) is 13.2 Å². The second kappa shape index (κ2) is 12.1. The molecular weight excluding hydrogens is 378 g/mol. The zero-order valence-electron chi connectivity index (χ0n) is 18.7. The van der Waals surface area contributed by atoms with Gasteiger partial charge in [0.15, 0.2) is 5.75 Å². The Hall–Kier alpha value is -2.69. The maximum absolute atomic E-state index is 12.3. The topological polar surface area (TPSA) is 71.5 Å². The number of H-pyrrole nitrogens is 1. The number of pyridine rings is 1. The molecule has 2 rings (SSSR count). The molecule has 164 valence electrons. The van der Waals surface area contributed by atoms with E-state index in [9.17, 15) is 9.90 Å². The first kappa shape index (κ1) is 23.6. The highest BCUT2D eigenvalue weighted by Crippen LogP contribution is 2.32. The smallest absolute Gasteiger partial charge is 0.294 e. The molecular formula is C25H35NO4. The third-order valence-electron chi connectivity index (χ3n) is 4.93. The summed E-state index contributed by atoms with van der Waals surface area (Å²) in [5, 5.41) is 11.0. The number of hydrogen-bond donors (Lipinski definition) is 2. The number of allylic oxidation sites excluding steroid dienone is 3. The van der Waals surface area contributed by atoms with Crippen molar-refractivity contribution in [2.24, 2.45) is 0 Å². The predicted octanol–water partition coefficient (Wildman–Crippen LogP) is 6.26. The van der Waals surface area contributed by atoms with Gasteiger partial charge >= 0.3 is 0 Å². The van der Waals surface area contributed by atoms with Crippen LogP contribution in [-0.2, 0) is 0 Å². The van der Waals surface area contributed by atoms with Crippen LogP contribution in [0.5, 0.6) is 17.2 Å². The monoisotopic (exact) mass is 413 g/mol. The number of fused-ring (bicyclic) bond motifs is 1. The molecule has 0 amide bonds. The summed E-state index contributed by atoms with van der Waals surface area (Å²) in [4.78, 5) is 15.1. The van der Waals surface area contributed by atoms with E-state index in [-0.39, 0.29) is 11.5 Å². The van der Waals surface area contributed by atoms with Crippen molar-refractivity contribution in [2.45, 2.75) is 66.2 Å². The van der Waals surface area contributed by atoms with Crippen molar-refractivity contribution in [3.63, 3.8) is 0 Å². The molecule has 0 fully saturated rings.